The first-order chi connectivity index (χ1) is 14.3. The van der Waals surface area contributed by atoms with Crippen LogP contribution in [0.3, 0.4) is 0 Å². The van der Waals surface area contributed by atoms with Gasteiger partial charge in [-0.15, -0.1) is 0 Å². The average Bonchev–Trinajstić information content (AvgIpc) is 3.33. The number of likely N-dealkylation sites (tertiary alicyclic amines) is 1. The fraction of sp³-hybridized carbons (Fsp3) is 0.300. The van der Waals surface area contributed by atoms with Crippen molar-refractivity contribution in [1.82, 2.24) is 30.0 Å². The zero-order valence-electron chi connectivity index (χ0n) is 16.2. The zero-order chi connectivity index (χ0) is 20.1. The van der Waals surface area contributed by atoms with E-state index < -0.39 is 0 Å². The third kappa shape index (κ3) is 4.13. The molecule has 9 nitrogen and oxygen atoms in total. The molecule has 29 heavy (non-hydrogen) atoms. The predicted octanol–water partition coefficient (Wildman–Crippen LogP) is 3.03. The fourth-order valence-electron chi connectivity index (χ4n) is 3.27. The summed E-state index contributed by atoms with van der Waals surface area (Å²) in [5.74, 6) is 1.24. The fourth-order valence-corrected chi connectivity index (χ4v) is 3.27. The molecule has 0 bridgehead atoms. The number of piperidine rings is 1. The zero-order valence-corrected chi connectivity index (χ0v) is 16.2. The minimum absolute atomic E-state index is 0.0346. The van der Waals surface area contributed by atoms with Gasteiger partial charge in [0.1, 0.15) is 12.0 Å². The summed E-state index contributed by atoms with van der Waals surface area (Å²) in [5, 5.41) is 12.7. The number of aromatic amines is 1. The molecule has 0 saturated carbocycles. The van der Waals surface area contributed by atoms with Crippen LogP contribution in [-0.4, -0.2) is 55.3 Å². The molecule has 148 valence electrons. The lowest BCUT2D eigenvalue weighted by molar-refractivity contribution is 0.0724. The molecule has 9 heteroatoms. The molecular weight excluding hydrogens is 368 g/mol. The van der Waals surface area contributed by atoms with Crippen LogP contribution in [0, 0.1) is 0 Å². The van der Waals surface area contributed by atoms with Crippen LogP contribution in [0.2, 0.25) is 0 Å². The smallest absolute Gasteiger partial charge is 0.255 e. The number of nitrogens with zero attached hydrogens (tertiary/aromatic N) is 7. The highest BCUT2D eigenvalue weighted by Gasteiger charge is 2.19. The van der Waals surface area contributed by atoms with Crippen LogP contribution in [0.25, 0.3) is 11.5 Å². The Hall–Kier alpha value is -3.62. The lowest BCUT2D eigenvalue weighted by Gasteiger charge is -2.26. The molecule has 1 aliphatic heterocycles. The summed E-state index contributed by atoms with van der Waals surface area (Å²) in [4.78, 5) is 27.5. The third-order valence-electron chi connectivity index (χ3n) is 4.74. The van der Waals surface area contributed by atoms with Gasteiger partial charge < -0.3 is 4.90 Å². The Bertz CT molecular complexity index is 961. The second-order valence-corrected chi connectivity index (χ2v) is 6.68. The number of hydrogen-bond acceptors (Lipinski definition) is 7. The largest absolute Gasteiger partial charge is 0.339 e. The van der Waals surface area contributed by atoms with Gasteiger partial charge in [-0.05, 0) is 50.5 Å². The quantitative estimate of drug-likeness (QED) is 0.530. The maximum absolute atomic E-state index is 12.6. The van der Waals surface area contributed by atoms with E-state index in [4.69, 9.17) is 0 Å². The van der Waals surface area contributed by atoms with Crippen molar-refractivity contribution in [2.75, 3.05) is 18.1 Å². The van der Waals surface area contributed by atoms with Crippen LogP contribution >= 0.6 is 0 Å². The van der Waals surface area contributed by atoms with E-state index >= 15 is 0 Å². The Labute approximate surface area is 168 Å². The first kappa shape index (κ1) is 18.7. The molecule has 1 aliphatic rings. The SMILES string of the molecule is C/C=N\N(c1ccc(-c2ncn[nH]2)nc1)c1ccc(C(=O)N2CCCCC2)cn1. The number of aromatic nitrogens is 5. The molecular formula is C20H22N8O. The minimum Gasteiger partial charge on any atom is -0.339 e. The van der Waals surface area contributed by atoms with Crippen molar-refractivity contribution in [2.24, 2.45) is 5.10 Å². The first-order valence-corrected chi connectivity index (χ1v) is 9.62. The Morgan fingerprint density at radius 1 is 1.10 bits per heavy atom. The van der Waals surface area contributed by atoms with Gasteiger partial charge >= 0.3 is 0 Å². The van der Waals surface area contributed by atoms with Crippen molar-refractivity contribution in [2.45, 2.75) is 26.2 Å². The molecule has 0 aromatic carbocycles. The number of hydrazone groups is 1. The van der Waals surface area contributed by atoms with Gasteiger partial charge in [-0.3, -0.25) is 14.9 Å². The number of rotatable bonds is 5. The topological polar surface area (TPSA) is 103 Å². The summed E-state index contributed by atoms with van der Waals surface area (Å²) < 4.78 is 0. The van der Waals surface area contributed by atoms with Crippen molar-refractivity contribution in [3.05, 3.63) is 48.5 Å². The van der Waals surface area contributed by atoms with Crippen molar-refractivity contribution in [1.29, 1.82) is 0 Å². The minimum atomic E-state index is 0.0346. The van der Waals surface area contributed by atoms with Gasteiger partial charge in [0.15, 0.2) is 11.6 Å². The maximum Gasteiger partial charge on any atom is 0.255 e. The van der Waals surface area contributed by atoms with Crippen LogP contribution in [0.5, 0.6) is 0 Å². The molecule has 0 spiro atoms. The van der Waals surface area contributed by atoms with Crippen LogP contribution in [0.15, 0.2) is 48.1 Å². The monoisotopic (exact) mass is 390 g/mol. The molecule has 1 amide bonds. The Morgan fingerprint density at radius 3 is 2.59 bits per heavy atom. The molecule has 4 heterocycles. The summed E-state index contributed by atoms with van der Waals surface area (Å²) in [6.07, 6.45) is 9.74. The number of H-pyrrole nitrogens is 1. The third-order valence-corrected chi connectivity index (χ3v) is 4.74. The van der Waals surface area contributed by atoms with Gasteiger partial charge in [-0.2, -0.15) is 10.2 Å². The van der Waals surface area contributed by atoms with Crippen LogP contribution < -0.4 is 5.01 Å². The normalized spacial score (nSPS) is 14.3. The van der Waals surface area contributed by atoms with E-state index in [-0.39, 0.29) is 5.91 Å². The number of pyridine rings is 2. The van der Waals surface area contributed by atoms with Gasteiger partial charge in [0.2, 0.25) is 0 Å². The van der Waals surface area contributed by atoms with Crippen molar-refractivity contribution >= 4 is 23.6 Å². The average molecular weight is 390 g/mol. The summed E-state index contributed by atoms with van der Waals surface area (Å²) >= 11 is 0. The molecule has 0 atom stereocenters. The van der Waals surface area contributed by atoms with E-state index in [1.165, 1.54) is 12.7 Å². The molecule has 1 saturated heterocycles. The van der Waals surface area contributed by atoms with Gasteiger partial charge in [0.05, 0.1) is 17.4 Å². The number of amides is 1. The van der Waals surface area contributed by atoms with Gasteiger partial charge in [-0.1, -0.05) is 0 Å². The van der Waals surface area contributed by atoms with E-state index in [0.717, 1.165) is 31.6 Å². The summed E-state index contributed by atoms with van der Waals surface area (Å²) in [7, 11) is 0. The highest BCUT2D eigenvalue weighted by molar-refractivity contribution is 5.94. The van der Waals surface area contributed by atoms with Crippen LogP contribution in [-0.2, 0) is 0 Å². The summed E-state index contributed by atoms with van der Waals surface area (Å²) in [6, 6.07) is 7.32. The highest BCUT2D eigenvalue weighted by Crippen LogP contribution is 2.25. The lowest BCUT2D eigenvalue weighted by atomic mass is 10.1. The second kappa shape index (κ2) is 8.59. The van der Waals surface area contributed by atoms with Crippen molar-refractivity contribution in [3.63, 3.8) is 0 Å². The van der Waals surface area contributed by atoms with E-state index in [1.54, 1.807) is 35.7 Å². The van der Waals surface area contributed by atoms with Crippen LogP contribution in [0.1, 0.15) is 36.5 Å². The molecule has 4 rings (SSSR count). The molecule has 1 N–H and O–H groups in total. The van der Waals surface area contributed by atoms with Crippen LogP contribution in [0.4, 0.5) is 11.5 Å². The number of carbonyl (C=O) groups excluding carboxylic acids is 1. The highest BCUT2D eigenvalue weighted by atomic mass is 16.2. The second-order valence-electron chi connectivity index (χ2n) is 6.68. The van der Waals surface area contributed by atoms with Crippen molar-refractivity contribution < 1.29 is 4.79 Å². The summed E-state index contributed by atoms with van der Waals surface area (Å²) in [5.41, 5.74) is 2.02. The standard InChI is InChI=1S/C20H22N8O/c1-2-25-28(16-7-8-17(21-13-16)19-23-14-24-26-19)18-9-6-15(12-22-18)20(29)27-10-4-3-5-11-27/h2,6-9,12-14H,3-5,10-11H2,1H3,(H,23,24,26)/b25-2-. The Balaban J connectivity index is 1.54. The van der Waals surface area contributed by atoms with E-state index in [9.17, 15) is 4.79 Å². The van der Waals surface area contributed by atoms with E-state index in [2.05, 4.69) is 30.3 Å². The molecule has 3 aromatic heterocycles. The molecule has 0 aliphatic carbocycles. The number of nitrogens with one attached hydrogen (secondary N) is 1. The number of carbonyl (C=O) groups is 1. The van der Waals surface area contributed by atoms with E-state index in [0.29, 0.717) is 22.9 Å². The molecule has 0 unspecified atom stereocenters. The van der Waals surface area contributed by atoms with Crippen molar-refractivity contribution in [3.8, 4) is 11.5 Å². The predicted molar refractivity (Wildman–Crippen MR) is 110 cm³/mol. The molecule has 0 radical (unpaired) electrons. The van der Waals surface area contributed by atoms with E-state index in [1.807, 2.05) is 24.0 Å². The Kier molecular flexibility index (Phi) is 5.55. The Morgan fingerprint density at radius 2 is 1.97 bits per heavy atom. The lowest BCUT2D eigenvalue weighted by Crippen LogP contribution is -2.35. The number of hydrogen-bond donors (Lipinski definition) is 1. The maximum atomic E-state index is 12.6. The van der Waals surface area contributed by atoms with Gasteiger partial charge in [0.25, 0.3) is 5.91 Å². The number of anilines is 2. The first-order valence-electron chi connectivity index (χ1n) is 9.62. The van der Waals surface area contributed by atoms with Gasteiger partial charge in [0, 0.05) is 25.5 Å². The molecule has 3 aromatic rings. The van der Waals surface area contributed by atoms with Gasteiger partial charge in [-0.25, -0.2) is 15.0 Å². The summed E-state index contributed by atoms with van der Waals surface area (Å²) in [6.45, 7) is 3.46. The molecule has 1 fully saturated rings.